The van der Waals surface area contributed by atoms with E-state index in [0.29, 0.717) is 44.9 Å². The van der Waals surface area contributed by atoms with Gasteiger partial charge >= 0.3 is 11.6 Å². The molecule has 0 aromatic carbocycles. The van der Waals surface area contributed by atoms with E-state index < -0.39 is 5.54 Å². The summed E-state index contributed by atoms with van der Waals surface area (Å²) in [5, 5.41) is 15.8. The molecule has 1 aliphatic carbocycles. The summed E-state index contributed by atoms with van der Waals surface area (Å²) in [4.78, 5) is 43.3. The van der Waals surface area contributed by atoms with Crippen LogP contribution < -0.4 is 15.4 Å². The summed E-state index contributed by atoms with van der Waals surface area (Å²) < 4.78 is 0.853. The maximum Gasteiger partial charge on any atom is 0.321 e. The van der Waals surface area contributed by atoms with Gasteiger partial charge in [-0.3, -0.25) is 24.5 Å². The lowest BCUT2D eigenvalue weighted by Crippen LogP contribution is -2.73. The Bertz CT molecular complexity index is 953. The Morgan fingerprint density at radius 3 is 2.56 bits per heavy atom. The molecule has 1 aromatic heterocycles. The number of carbonyl (C=O) groups excluding carboxylic acids is 3. The SMILES string of the molecule is CCCCN1C(=O)C(CC2CCCCC2)NC(=O)C12CCN(Cc1ccc(C(=O)NC)[n+](O)c1)CC2. The minimum absolute atomic E-state index is 0.0155. The maximum atomic E-state index is 13.7. The second kappa shape index (κ2) is 11.6. The molecule has 1 spiro atoms. The first-order valence-electron chi connectivity index (χ1n) is 13.7. The number of aromatic nitrogens is 1. The van der Waals surface area contributed by atoms with Crippen molar-refractivity contribution in [2.75, 3.05) is 26.7 Å². The van der Waals surface area contributed by atoms with Crippen molar-refractivity contribution in [3.63, 3.8) is 0 Å². The van der Waals surface area contributed by atoms with Crippen LogP contribution >= 0.6 is 0 Å². The van der Waals surface area contributed by atoms with E-state index in [1.165, 1.54) is 26.3 Å². The van der Waals surface area contributed by atoms with E-state index in [-0.39, 0.29) is 29.5 Å². The van der Waals surface area contributed by atoms with Crippen molar-refractivity contribution < 1.29 is 24.3 Å². The molecule has 198 valence electrons. The second-order valence-electron chi connectivity index (χ2n) is 10.8. The van der Waals surface area contributed by atoms with Crippen molar-refractivity contribution in [1.29, 1.82) is 0 Å². The first-order chi connectivity index (χ1) is 17.4. The standard InChI is InChI=1S/C27H41N5O4/c1-3-4-14-31-25(34)22(17-20-8-6-5-7-9-20)29-26(35)27(31)12-15-30(16-13-27)18-21-10-11-23(24(33)28-2)32(36)19-21/h10-11,19-20,22H,3-9,12-18H2,1-2H3,(H2-,28,29,33,35,36)/p+1. The summed E-state index contributed by atoms with van der Waals surface area (Å²) >= 11 is 0. The second-order valence-corrected chi connectivity index (χ2v) is 10.8. The average molecular weight is 501 g/mol. The van der Waals surface area contributed by atoms with Crippen LogP contribution in [-0.4, -0.2) is 71.0 Å². The molecule has 3 fully saturated rings. The Morgan fingerprint density at radius 1 is 1.19 bits per heavy atom. The van der Waals surface area contributed by atoms with E-state index in [2.05, 4.69) is 22.5 Å². The first-order valence-corrected chi connectivity index (χ1v) is 13.7. The number of amides is 3. The summed E-state index contributed by atoms with van der Waals surface area (Å²) in [6, 6.07) is 3.05. The number of piperidine rings is 1. The molecular weight excluding hydrogens is 458 g/mol. The number of rotatable bonds is 8. The molecule has 0 bridgehead atoms. The molecule has 9 heteroatoms. The van der Waals surface area contributed by atoms with Gasteiger partial charge in [-0.2, -0.15) is 0 Å². The topological polar surface area (TPSA) is 106 Å². The highest BCUT2D eigenvalue weighted by atomic mass is 16.5. The first kappa shape index (κ1) is 26.4. The van der Waals surface area contributed by atoms with Crippen LogP contribution in [0.2, 0.25) is 0 Å². The van der Waals surface area contributed by atoms with Crippen molar-refractivity contribution in [1.82, 2.24) is 20.4 Å². The number of unbranched alkanes of at least 4 members (excludes halogenated alkanes) is 1. The largest absolute Gasteiger partial charge is 0.350 e. The van der Waals surface area contributed by atoms with Gasteiger partial charge < -0.3 is 15.5 Å². The number of nitrogens with one attached hydrogen (secondary N) is 2. The van der Waals surface area contributed by atoms with E-state index in [9.17, 15) is 19.6 Å². The fourth-order valence-corrected chi connectivity index (χ4v) is 6.20. The van der Waals surface area contributed by atoms with E-state index in [1.807, 2.05) is 11.0 Å². The number of pyridine rings is 1. The van der Waals surface area contributed by atoms with Crippen LogP contribution in [0.5, 0.6) is 0 Å². The van der Waals surface area contributed by atoms with Gasteiger partial charge in [0.2, 0.25) is 18.0 Å². The number of likely N-dealkylation sites (tertiary alicyclic amines) is 1. The lowest BCUT2D eigenvalue weighted by Gasteiger charge is -2.52. The number of nitrogens with zero attached hydrogens (tertiary/aromatic N) is 3. The molecule has 3 amide bonds. The van der Waals surface area contributed by atoms with Gasteiger partial charge in [0.25, 0.3) is 0 Å². The fraction of sp³-hybridized carbons (Fsp3) is 0.704. The molecular formula is C27H42N5O4+. The zero-order valence-electron chi connectivity index (χ0n) is 21.8. The van der Waals surface area contributed by atoms with Gasteiger partial charge in [0.05, 0.1) is 0 Å². The maximum absolute atomic E-state index is 13.7. The number of hydrogen-bond acceptors (Lipinski definition) is 5. The Kier molecular flexibility index (Phi) is 8.49. The van der Waals surface area contributed by atoms with Gasteiger partial charge in [-0.05, 0) is 37.7 Å². The molecule has 1 saturated carbocycles. The van der Waals surface area contributed by atoms with Gasteiger partial charge in [0, 0.05) is 49.6 Å². The number of hydrogen-bond donors (Lipinski definition) is 3. The van der Waals surface area contributed by atoms with Crippen LogP contribution in [0.15, 0.2) is 18.3 Å². The van der Waals surface area contributed by atoms with E-state index in [1.54, 1.807) is 12.3 Å². The van der Waals surface area contributed by atoms with Crippen molar-refractivity contribution >= 4 is 17.7 Å². The monoisotopic (exact) mass is 500 g/mol. The smallest absolute Gasteiger partial charge is 0.321 e. The minimum atomic E-state index is -0.772. The van der Waals surface area contributed by atoms with E-state index in [0.717, 1.165) is 42.4 Å². The zero-order chi connectivity index (χ0) is 25.7. The lowest BCUT2D eigenvalue weighted by atomic mass is 9.79. The number of carbonyl (C=O) groups is 3. The van der Waals surface area contributed by atoms with Crippen molar-refractivity contribution in [3.8, 4) is 0 Å². The third-order valence-corrected chi connectivity index (χ3v) is 8.38. The molecule has 0 radical (unpaired) electrons. The third-order valence-electron chi connectivity index (χ3n) is 8.38. The summed E-state index contributed by atoms with van der Waals surface area (Å²) in [5.41, 5.74) is 0.275. The summed E-state index contributed by atoms with van der Waals surface area (Å²) in [5.74, 6) is 0.293. The normalized spacial score (nSPS) is 23.1. The van der Waals surface area contributed by atoms with Crippen LogP contribution in [0, 0.1) is 5.92 Å². The van der Waals surface area contributed by atoms with E-state index in [4.69, 9.17) is 0 Å². The van der Waals surface area contributed by atoms with Gasteiger partial charge in [0.1, 0.15) is 11.6 Å². The third kappa shape index (κ3) is 5.51. The molecule has 3 N–H and O–H groups in total. The average Bonchev–Trinajstić information content (AvgIpc) is 2.89. The fourth-order valence-electron chi connectivity index (χ4n) is 6.20. The quantitative estimate of drug-likeness (QED) is 0.374. The molecule has 4 rings (SSSR count). The van der Waals surface area contributed by atoms with Gasteiger partial charge in [-0.25, -0.2) is 0 Å². The van der Waals surface area contributed by atoms with Crippen molar-refractivity contribution in [2.24, 2.45) is 5.92 Å². The zero-order valence-corrected chi connectivity index (χ0v) is 21.8. The Morgan fingerprint density at radius 2 is 1.92 bits per heavy atom. The molecule has 2 saturated heterocycles. The predicted octanol–water partition coefficient (Wildman–Crippen LogP) is 2.00. The molecule has 1 unspecified atom stereocenters. The van der Waals surface area contributed by atoms with Crippen molar-refractivity contribution in [3.05, 3.63) is 29.6 Å². The summed E-state index contributed by atoms with van der Waals surface area (Å²) in [7, 11) is 1.52. The molecule has 3 aliphatic rings. The van der Waals surface area contributed by atoms with Gasteiger partial charge in [0.15, 0.2) is 0 Å². The Balaban J connectivity index is 1.43. The highest BCUT2D eigenvalue weighted by Crippen LogP contribution is 2.36. The number of piperazine rings is 1. The van der Waals surface area contributed by atoms with Crippen LogP contribution in [-0.2, 0) is 16.1 Å². The molecule has 2 aliphatic heterocycles. The predicted molar refractivity (Wildman–Crippen MR) is 134 cm³/mol. The van der Waals surface area contributed by atoms with Crippen LogP contribution in [0.4, 0.5) is 0 Å². The van der Waals surface area contributed by atoms with Crippen LogP contribution in [0.25, 0.3) is 0 Å². The minimum Gasteiger partial charge on any atom is -0.350 e. The molecule has 9 nitrogen and oxygen atoms in total. The molecule has 36 heavy (non-hydrogen) atoms. The lowest BCUT2D eigenvalue weighted by molar-refractivity contribution is -0.906. The summed E-state index contributed by atoms with van der Waals surface area (Å²) in [6.07, 6.45) is 11.4. The highest BCUT2D eigenvalue weighted by Gasteiger charge is 2.53. The van der Waals surface area contributed by atoms with Gasteiger partial charge in [-0.1, -0.05) is 45.4 Å². The molecule has 1 aromatic rings. The Hall–Kier alpha value is -2.68. The van der Waals surface area contributed by atoms with E-state index >= 15 is 0 Å². The highest BCUT2D eigenvalue weighted by molar-refractivity contribution is 6.00. The van der Waals surface area contributed by atoms with Crippen LogP contribution in [0.3, 0.4) is 0 Å². The van der Waals surface area contributed by atoms with Crippen LogP contribution in [0.1, 0.15) is 87.2 Å². The van der Waals surface area contributed by atoms with Crippen molar-refractivity contribution in [2.45, 2.75) is 89.3 Å². The molecule has 3 heterocycles. The summed E-state index contributed by atoms with van der Waals surface area (Å²) in [6.45, 7) is 4.71. The van der Waals surface area contributed by atoms with Gasteiger partial charge in [-0.15, -0.1) is 0 Å². The molecule has 1 atom stereocenters. The Labute approximate surface area is 214 Å².